The molecular weight excluding hydrogens is 298 g/mol. The number of aliphatic hydroxyl groups excluding tert-OH is 1. The normalized spacial score (nSPS) is 14.5. The van der Waals surface area contributed by atoms with Gasteiger partial charge in [-0.3, -0.25) is 4.90 Å². The fourth-order valence-electron chi connectivity index (χ4n) is 2.53. The number of hydrogen-bond acceptors (Lipinski definition) is 5. The molecule has 1 atom stereocenters. The van der Waals surface area contributed by atoms with E-state index < -0.39 is 0 Å². The van der Waals surface area contributed by atoms with Gasteiger partial charge in [-0.1, -0.05) is 19.1 Å². The third kappa shape index (κ3) is 3.80. The molecule has 0 bridgehead atoms. The Morgan fingerprint density at radius 3 is 2.86 bits per heavy atom. The molecule has 22 heavy (non-hydrogen) atoms. The molecule has 0 spiro atoms. The number of ether oxygens (including phenoxy) is 2. The molecule has 0 fully saturated rings. The van der Waals surface area contributed by atoms with Crippen LogP contribution in [0.1, 0.15) is 23.8 Å². The van der Waals surface area contributed by atoms with E-state index in [-0.39, 0.29) is 6.10 Å². The summed E-state index contributed by atoms with van der Waals surface area (Å²) >= 11 is 1.75. The molecule has 0 saturated heterocycles. The first kappa shape index (κ1) is 15.3. The van der Waals surface area contributed by atoms with Crippen molar-refractivity contribution in [1.29, 1.82) is 0 Å². The van der Waals surface area contributed by atoms with Crippen molar-refractivity contribution in [2.24, 2.45) is 0 Å². The van der Waals surface area contributed by atoms with Crippen molar-refractivity contribution >= 4 is 11.3 Å². The lowest BCUT2D eigenvalue weighted by molar-refractivity contribution is 0.102. The highest BCUT2D eigenvalue weighted by atomic mass is 32.1. The number of fused-ring (bicyclic) bond motifs is 1. The van der Waals surface area contributed by atoms with Crippen LogP contribution >= 0.6 is 11.3 Å². The molecule has 4 nitrogen and oxygen atoms in total. The first-order valence-electron chi connectivity index (χ1n) is 7.56. The lowest BCUT2D eigenvalue weighted by Gasteiger charge is -2.24. The van der Waals surface area contributed by atoms with Crippen molar-refractivity contribution in [2.75, 3.05) is 13.3 Å². The van der Waals surface area contributed by atoms with Crippen LogP contribution in [-0.2, 0) is 13.1 Å². The van der Waals surface area contributed by atoms with Crippen LogP contribution in [0.4, 0.5) is 0 Å². The highest BCUT2D eigenvalue weighted by Crippen LogP contribution is 2.33. The van der Waals surface area contributed by atoms with E-state index in [2.05, 4.69) is 28.5 Å². The summed E-state index contributed by atoms with van der Waals surface area (Å²) in [4.78, 5) is 3.58. The molecule has 1 unspecified atom stereocenters. The summed E-state index contributed by atoms with van der Waals surface area (Å²) in [5.74, 6) is 1.62. The largest absolute Gasteiger partial charge is 0.454 e. The van der Waals surface area contributed by atoms with Crippen LogP contribution in [0.15, 0.2) is 35.7 Å². The summed E-state index contributed by atoms with van der Waals surface area (Å²) < 4.78 is 10.8. The van der Waals surface area contributed by atoms with Crippen molar-refractivity contribution in [3.05, 3.63) is 46.2 Å². The van der Waals surface area contributed by atoms with Crippen LogP contribution in [0.5, 0.6) is 11.5 Å². The predicted molar refractivity (Wildman–Crippen MR) is 87.3 cm³/mol. The number of nitrogens with zero attached hydrogens (tertiary/aromatic N) is 1. The first-order valence-corrected chi connectivity index (χ1v) is 8.44. The molecule has 0 amide bonds. The van der Waals surface area contributed by atoms with Gasteiger partial charge in [0.1, 0.15) is 0 Å². The van der Waals surface area contributed by atoms with E-state index in [1.165, 1.54) is 10.4 Å². The Balaban J connectivity index is 1.71. The Kier molecular flexibility index (Phi) is 4.97. The van der Waals surface area contributed by atoms with E-state index in [0.717, 1.165) is 31.0 Å². The zero-order chi connectivity index (χ0) is 15.4. The van der Waals surface area contributed by atoms with E-state index in [1.807, 2.05) is 19.1 Å². The van der Waals surface area contributed by atoms with Gasteiger partial charge in [-0.25, -0.2) is 0 Å². The van der Waals surface area contributed by atoms with Gasteiger partial charge in [0.2, 0.25) is 6.79 Å². The molecule has 2 heterocycles. The van der Waals surface area contributed by atoms with Crippen molar-refractivity contribution < 1.29 is 14.6 Å². The zero-order valence-corrected chi connectivity index (χ0v) is 13.5. The molecule has 118 valence electrons. The summed E-state index contributed by atoms with van der Waals surface area (Å²) in [7, 11) is 0. The summed E-state index contributed by atoms with van der Waals surface area (Å²) in [6.45, 7) is 4.61. The lowest BCUT2D eigenvalue weighted by Crippen LogP contribution is -2.31. The third-order valence-electron chi connectivity index (χ3n) is 3.74. The Labute approximate surface area is 134 Å². The minimum absolute atomic E-state index is 0.297. The van der Waals surface area contributed by atoms with Gasteiger partial charge in [0, 0.05) is 24.5 Å². The van der Waals surface area contributed by atoms with Gasteiger partial charge in [-0.2, -0.15) is 0 Å². The number of hydrogen-bond donors (Lipinski definition) is 1. The van der Waals surface area contributed by atoms with Crippen LogP contribution < -0.4 is 9.47 Å². The van der Waals surface area contributed by atoms with E-state index in [1.54, 1.807) is 11.3 Å². The summed E-state index contributed by atoms with van der Waals surface area (Å²) in [6.07, 6.45) is 0.469. The highest BCUT2D eigenvalue weighted by molar-refractivity contribution is 7.09. The molecule has 1 N–H and O–H groups in total. The van der Waals surface area contributed by atoms with Crippen molar-refractivity contribution in [2.45, 2.75) is 32.5 Å². The fourth-order valence-corrected chi connectivity index (χ4v) is 3.28. The Morgan fingerprint density at radius 2 is 2.09 bits per heavy atom. The topological polar surface area (TPSA) is 41.9 Å². The summed E-state index contributed by atoms with van der Waals surface area (Å²) in [5.41, 5.74) is 1.17. The van der Waals surface area contributed by atoms with Gasteiger partial charge >= 0.3 is 0 Å². The van der Waals surface area contributed by atoms with Gasteiger partial charge in [-0.05, 0) is 35.6 Å². The summed E-state index contributed by atoms with van der Waals surface area (Å²) in [5, 5.41) is 12.1. The van der Waals surface area contributed by atoms with Crippen LogP contribution in [0.3, 0.4) is 0 Å². The molecule has 0 saturated carbocycles. The molecule has 1 aromatic carbocycles. The monoisotopic (exact) mass is 319 g/mol. The molecule has 3 rings (SSSR count). The van der Waals surface area contributed by atoms with Crippen molar-refractivity contribution in [1.82, 2.24) is 4.90 Å². The molecule has 5 heteroatoms. The Hall–Kier alpha value is -1.56. The van der Waals surface area contributed by atoms with Crippen LogP contribution in [0.25, 0.3) is 0 Å². The van der Waals surface area contributed by atoms with Crippen LogP contribution in [0.2, 0.25) is 0 Å². The molecule has 2 aromatic rings. The molecule has 1 aromatic heterocycles. The SMILES string of the molecule is CCC(O)CN(Cc1ccc2c(c1)OCO2)Cc1cccs1. The molecule has 0 radical (unpaired) electrons. The second kappa shape index (κ2) is 7.13. The predicted octanol–water partition coefficient (Wildman–Crippen LogP) is 3.25. The lowest BCUT2D eigenvalue weighted by atomic mass is 10.1. The van der Waals surface area contributed by atoms with E-state index >= 15 is 0 Å². The Morgan fingerprint density at radius 1 is 1.23 bits per heavy atom. The number of benzene rings is 1. The minimum Gasteiger partial charge on any atom is -0.454 e. The zero-order valence-electron chi connectivity index (χ0n) is 12.7. The maximum Gasteiger partial charge on any atom is 0.231 e. The minimum atomic E-state index is -0.297. The summed E-state index contributed by atoms with van der Waals surface area (Å²) in [6, 6.07) is 10.2. The second-order valence-electron chi connectivity index (χ2n) is 5.50. The quantitative estimate of drug-likeness (QED) is 0.850. The van der Waals surface area contributed by atoms with E-state index in [4.69, 9.17) is 9.47 Å². The molecule has 0 aliphatic carbocycles. The van der Waals surface area contributed by atoms with Gasteiger partial charge in [0.05, 0.1) is 6.10 Å². The average molecular weight is 319 g/mol. The maximum atomic E-state index is 10.0. The highest BCUT2D eigenvalue weighted by Gasteiger charge is 2.16. The van der Waals surface area contributed by atoms with Gasteiger partial charge in [-0.15, -0.1) is 11.3 Å². The first-order chi connectivity index (χ1) is 10.7. The average Bonchev–Trinajstić information content (AvgIpc) is 3.17. The Bertz CT molecular complexity index is 600. The van der Waals surface area contributed by atoms with E-state index in [0.29, 0.717) is 13.3 Å². The van der Waals surface area contributed by atoms with Crippen molar-refractivity contribution in [3.8, 4) is 11.5 Å². The molecule has 1 aliphatic heterocycles. The smallest absolute Gasteiger partial charge is 0.231 e. The second-order valence-corrected chi connectivity index (χ2v) is 6.53. The fraction of sp³-hybridized carbons (Fsp3) is 0.412. The van der Waals surface area contributed by atoms with Crippen LogP contribution in [0, 0.1) is 0 Å². The maximum absolute atomic E-state index is 10.0. The van der Waals surface area contributed by atoms with Gasteiger partial charge in [0.15, 0.2) is 11.5 Å². The van der Waals surface area contributed by atoms with Gasteiger partial charge < -0.3 is 14.6 Å². The number of aliphatic hydroxyl groups is 1. The van der Waals surface area contributed by atoms with Crippen LogP contribution in [-0.4, -0.2) is 29.4 Å². The van der Waals surface area contributed by atoms with Crippen molar-refractivity contribution in [3.63, 3.8) is 0 Å². The third-order valence-corrected chi connectivity index (χ3v) is 4.60. The number of thiophene rings is 1. The molecular formula is C17H21NO3S. The standard InChI is InChI=1S/C17H21NO3S/c1-2-14(19)10-18(11-15-4-3-7-22-15)9-13-5-6-16-17(8-13)21-12-20-16/h3-8,14,19H,2,9-12H2,1H3. The van der Waals surface area contributed by atoms with Gasteiger partial charge in [0.25, 0.3) is 0 Å². The molecule has 1 aliphatic rings. The van der Waals surface area contributed by atoms with E-state index in [9.17, 15) is 5.11 Å². The number of rotatable bonds is 7.